The molecule has 136 valence electrons. The molecule has 0 saturated carbocycles. The van der Waals surface area contributed by atoms with Gasteiger partial charge in [-0.15, -0.1) is 0 Å². The summed E-state index contributed by atoms with van der Waals surface area (Å²) in [6, 6.07) is 17.3. The Bertz CT molecular complexity index is 659. The van der Waals surface area contributed by atoms with Gasteiger partial charge < -0.3 is 30.1 Å². The number of nitrogens with one attached hydrogen (secondary N) is 1. The Labute approximate surface area is 163 Å². The summed E-state index contributed by atoms with van der Waals surface area (Å²) < 4.78 is 0. The van der Waals surface area contributed by atoms with Crippen LogP contribution in [0, 0.1) is 6.92 Å². The number of halogens is 2. The van der Waals surface area contributed by atoms with Crippen molar-refractivity contribution in [3.8, 4) is 0 Å². The number of hydrogen-bond donors (Lipinski definition) is 2. The number of benzene rings is 2. The second-order valence-electron chi connectivity index (χ2n) is 6.36. The summed E-state index contributed by atoms with van der Waals surface area (Å²) in [4.78, 5) is 5.92. The lowest BCUT2D eigenvalue weighted by Crippen LogP contribution is -3.05. The van der Waals surface area contributed by atoms with Gasteiger partial charge in [-0.2, -0.15) is 4.99 Å². The average Bonchev–Trinajstić information content (AvgIpc) is 2.97. The van der Waals surface area contributed by atoms with Gasteiger partial charge in [0.2, 0.25) is 0 Å². The van der Waals surface area contributed by atoms with Crippen LogP contribution in [-0.2, 0) is 6.42 Å². The number of nitrogens with zero attached hydrogens (tertiary/aromatic N) is 1. The van der Waals surface area contributed by atoms with Crippen LogP contribution in [0.5, 0.6) is 0 Å². The molecule has 1 unspecified atom stereocenters. The quantitative estimate of drug-likeness (QED) is 0.436. The number of aliphatic imine (C=N–C) groups is 1. The number of nitrogens with two attached hydrogens (primary N) is 1. The molecule has 3 N–H and O–H groups in total. The van der Waals surface area contributed by atoms with Gasteiger partial charge in [0.1, 0.15) is 5.69 Å². The zero-order valence-corrected chi connectivity index (χ0v) is 16.2. The summed E-state index contributed by atoms with van der Waals surface area (Å²) in [6.45, 7) is 5.70. The van der Waals surface area contributed by atoms with Gasteiger partial charge in [0, 0.05) is 18.9 Å². The molecule has 0 aromatic heterocycles. The van der Waals surface area contributed by atoms with Crippen LogP contribution in [-0.4, -0.2) is 26.0 Å². The van der Waals surface area contributed by atoms with Crippen molar-refractivity contribution in [2.45, 2.75) is 26.2 Å². The molecule has 0 saturated heterocycles. The van der Waals surface area contributed by atoms with Gasteiger partial charge in [-0.05, 0) is 30.5 Å². The summed E-state index contributed by atoms with van der Waals surface area (Å²) in [7, 11) is 0. The second-order valence-corrected chi connectivity index (χ2v) is 6.36. The van der Waals surface area contributed by atoms with Crippen LogP contribution in [0.1, 0.15) is 24.0 Å². The number of hydrogen-bond acceptors (Lipinski definition) is 1. The third kappa shape index (κ3) is 6.44. The molecule has 3 rings (SSSR count). The molecular weight excluding hydrogens is 353 g/mol. The SMILES string of the molecule is Cc1ccc2c(c1)[NH+](CCC[NH2+]CCCc1ccccc1)C=N2.[Cl-].[Cl-]. The Morgan fingerprint density at radius 2 is 1.72 bits per heavy atom. The molecule has 1 aliphatic rings. The van der Waals surface area contributed by atoms with E-state index in [1.807, 2.05) is 0 Å². The Kier molecular flexibility index (Phi) is 9.76. The molecule has 0 bridgehead atoms. The summed E-state index contributed by atoms with van der Waals surface area (Å²) in [5.41, 5.74) is 5.25. The molecular formula is C20H27Cl2N3. The van der Waals surface area contributed by atoms with E-state index in [1.54, 1.807) is 0 Å². The number of fused-ring (bicyclic) bond motifs is 1. The fourth-order valence-electron chi connectivity index (χ4n) is 3.11. The number of rotatable bonds is 8. The minimum atomic E-state index is 0. The molecule has 3 nitrogen and oxygen atoms in total. The van der Waals surface area contributed by atoms with Crippen molar-refractivity contribution in [1.82, 2.24) is 0 Å². The first-order valence-corrected chi connectivity index (χ1v) is 8.69. The van der Waals surface area contributed by atoms with Crippen molar-refractivity contribution >= 4 is 17.7 Å². The van der Waals surface area contributed by atoms with E-state index in [-0.39, 0.29) is 24.8 Å². The van der Waals surface area contributed by atoms with Crippen LogP contribution in [0.3, 0.4) is 0 Å². The zero-order chi connectivity index (χ0) is 15.9. The van der Waals surface area contributed by atoms with Crippen LogP contribution in [0.15, 0.2) is 53.5 Å². The minimum Gasteiger partial charge on any atom is -1.00 e. The highest BCUT2D eigenvalue weighted by atomic mass is 35.5. The number of aryl methyl sites for hydroxylation is 2. The van der Waals surface area contributed by atoms with Crippen molar-refractivity contribution in [2.75, 3.05) is 19.6 Å². The molecule has 5 heteroatoms. The van der Waals surface area contributed by atoms with E-state index in [0.717, 1.165) is 12.2 Å². The van der Waals surface area contributed by atoms with Crippen molar-refractivity contribution in [3.05, 3.63) is 59.7 Å². The van der Waals surface area contributed by atoms with Gasteiger partial charge in [-0.25, -0.2) is 0 Å². The Hall–Kier alpha value is -1.39. The Balaban J connectivity index is 0.00000156. The topological polar surface area (TPSA) is 33.4 Å². The Morgan fingerprint density at radius 3 is 2.52 bits per heavy atom. The second kappa shape index (κ2) is 11.3. The normalized spacial score (nSPS) is 14.5. The molecule has 1 heterocycles. The maximum atomic E-state index is 4.51. The van der Waals surface area contributed by atoms with E-state index < -0.39 is 0 Å². The predicted octanol–water partition coefficient (Wildman–Crippen LogP) is -4.22. The van der Waals surface area contributed by atoms with Crippen LogP contribution in [0.25, 0.3) is 0 Å². The molecule has 1 aliphatic heterocycles. The molecule has 0 radical (unpaired) electrons. The smallest absolute Gasteiger partial charge is 0.194 e. The van der Waals surface area contributed by atoms with Gasteiger partial charge in [0.25, 0.3) is 0 Å². The first-order chi connectivity index (χ1) is 11.3. The largest absolute Gasteiger partial charge is 1.00 e. The fourth-order valence-corrected chi connectivity index (χ4v) is 3.11. The summed E-state index contributed by atoms with van der Waals surface area (Å²) in [5.74, 6) is 0. The fraction of sp³-hybridized carbons (Fsp3) is 0.350. The molecule has 0 amide bonds. The van der Waals surface area contributed by atoms with Crippen LogP contribution in [0.2, 0.25) is 0 Å². The van der Waals surface area contributed by atoms with Gasteiger partial charge >= 0.3 is 0 Å². The third-order valence-corrected chi connectivity index (χ3v) is 4.43. The van der Waals surface area contributed by atoms with Gasteiger partial charge in [0.15, 0.2) is 12.0 Å². The first kappa shape index (κ1) is 21.7. The third-order valence-electron chi connectivity index (χ3n) is 4.43. The maximum absolute atomic E-state index is 4.51. The molecule has 0 aliphatic carbocycles. The molecule has 0 fully saturated rings. The number of quaternary nitrogens is 2. The highest BCUT2D eigenvalue weighted by Gasteiger charge is 2.20. The molecule has 25 heavy (non-hydrogen) atoms. The molecule has 1 atom stereocenters. The lowest BCUT2D eigenvalue weighted by atomic mass is 10.1. The monoisotopic (exact) mass is 379 g/mol. The van der Waals surface area contributed by atoms with Crippen LogP contribution < -0.4 is 35.0 Å². The van der Waals surface area contributed by atoms with E-state index in [2.05, 4.69) is 72.1 Å². The van der Waals surface area contributed by atoms with Crippen molar-refractivity contribution in [3.63, 3.8) is 0 Å². The summed E-state index contributed by atoms with van der Waals surface area (Å²) in [6.07, 6.45) is 5.72. The van der Waals surface area contributed by atoms with Crippen LogP contribution >= 0.6 is 0 Å². The van der Waals surface area contributed by atoms with Crippen LogP contribution in [0.4, 0.5) is 11.4 Å². The lowest BCUT2D eigenvalue weighted by molar-refractivity contribution is -0.728. The van der Waals surface area contributed by atoms with E-state index in [1.165, 1.54) is 54.1 Å². The summed E-state index contributed by atoms with van der Waals surface area (Å²) >= 11 is 0. The van der Waals surface area contributed by atoms with E-state index in [0.29, 0.717) is 0 Å². The highest BCUT2D eigenvalue weighted by Crippen LogP contribution is 2.24. The van der Waals surface area contributed by atoms with Crippen molar-refractivity contribution in [2.24, 2.45) is 4.99 Å². The first-order valence-electron chi connectivity index (χ1n) is 8.69. The van der Waals surface area contributed by atoms with E-state index in [9.17, 15) is 0 Å². The lowest BCUT2D eigenvalue weighted by Gasteiger charge is -2.10. The van der Waals surface area contributed by atoms with Gasteiger partial charge in [-0.3, -0.25) is 4.90 Å². The van der Waals surface area contributed by atoms with Crippen molar-refractivity contribution in [1.29, 1.82) is 0 Å². The molecule has 0 spiro atoms. The highest BCUT2D eigenvalue weighted by molar-refractivity contribution is 5.72. The standard InChI is InChI=1S/C20H25N3.2ClH/c1-17-10-11-19-20(15-17)23(16-22-19)14-6-13-21-12-5-9-18-7-3-2-4-8-18;;/h2-4,7-8,10-11,15-16,21H,5-6,9,12-14H2,1H3;2*1H. The zero-order valence-electron chi connectivity index (χ0n) is 14.7. The van der Waals surface area contributed by atoms with Crippen molar-refractivity contribution < 1.29 is 35.0 Å². The van der Waals surface area contributed by atoms with Gasteiger partial charge in [-0.1, -0.05) is 36.4 Å². The Morgan fingerprint density at radius 1 is 0.960 bits per heavy atom. The summed E-state index contributed by atoms with van der Waals surface area (Å²) in [5, 5.41) is 2.45. The molecule has 2 aromatic rings. The van der Waals surface area contributed by atoms with E-state index >= 15 is 0 Å². The molecule has 2 aromatic carbocycles. The van der Waals surface area contributed by atoms with Gasteiger partial charge in [0.05, 0.1) is 19.6 Å². The average molecular weight is 380 g/mol. The predicted molar refractivity (Wildman–Crippen MR) is 95.9 cm³/mol. The minimum absolute atomic E-state index is 0. The van der Waals surface area contributed by atoms with E-state index in [4.69, 9.17) is 0 Å². The maximum Gasteiger partial charge on any atom is 0.194 e.